The molecule has 5 heteroatoms. The van der Waals surface area contributed by atoms with Crippen molar-refractivity contribution in [3.63, 3.8) is 0 Å². The molecule has 4 nitrogen and oxygen atoms in total. The van der Waals surface area contributed by atoms with Gasteiger partial charge >= 0.3 is 0 Å². The van der Waals surface area contributed by atoms with E-state index in [1.54, 1.807) is 0 Å². The molecule has 0 bridgehead atoms. The highest BCUT2D eigenvalue weighted by Gasteiger charge is 2.18. The highest BCUT2D eigenvalue weighted by molar-refractivity contribution is 9.10. The average Bonchev–Trinajstić information content (AvgIpc) is 2.77. The van der Waals surface area contributed by atoms with Crippen molar-refractivity contribution < 1.29 is 4.74 Å². The summed E-state index contributed by atoms with van der Waals surface area (Å²) in [6, 6.07) is 6.31. The Morgan fingerprint density at radius 2 is 2.40 bits per heavy atom. The first-order valence-electron chi connectivity index (χ1n) is 7.25. The third kappa shape index (κ3) is 2.90. The summed E-state index contributed by atoms with van der Waals surface area (Å²) >= 11 is 3.52. The fourth-order valence-electron chi connectivity index (χ4n) is 2.74. The molecule has 1 aromatic carbocycles. The molecular weight excluding hydrogens is 318 g/mol. The number of aryl methyl sites for hydroxylation is 1. The van der Waals surface area contributed by atoms with Gasteiger partial charge in [-0.1, -0.05) is 22.9 Å². The lowest BCUT2D eigenvalue weighted by molar-refractivity contribution is 0.0276. The maximum atomic E-state index is 5.81. The maximum absolute atomic E-state index is 5.81. The standard InChI is InChI=1S/C15H20BrN3O/c1-2-6-19-14-4-3-11(16)8-13(14)18-15(19)9-12-10-17-5-7-20-12/h3-4,8,12,17H,2,5-7,9-10H2,1H3. The number of imidazole rings is 1. The van der Waals surface area contributed by atoms with E-state index in [2.05, 4.69) is 50.9 Å². The van der Waals surface area contributed by atoms with E-state index in [0.29, 0.717) is 0 Å². The summed E-state index contributed by atoms with van der Waals surface area (Å²) in [4.78, 5) is 4.81. The van der Waals surface area contributed by atoms with Gasteiger partial charge in [0.25, 0.3) is 0 Å². The Labute approximate surface area is 127 Å². The van der Waals surface area contributed by atoms with E-state index in [4.69, 9.17) is 9.72 Å². The van der Waals surface area contributed by atoms with E-state index in [0.717, 1.165) is 54.9 Å². The van der Waals surface area contributed by atoms with Crippen LogP contribution in [0, 0.1) is 0 Å². The minimum atomic E-state index is 0.236. The van der Waals surface area contributed by atoms with E-state index < -0.39 is 0 Å². The SMILES string of the molecule is CCCn1c(CC2CNCCO2)nc2cc(Br)ccc21. The lowest BCUT2D eigenvalue weighted by atomic mass is 10.2. The van der Waals surface area contributed by atoms with Crippen molar-refractivity contribution in [3.8, 4) is 0 Å². The Morgan fingerprint density at radius 1 is 1.50 bits per heavy atom. The Bertz CT molecular complexity index is 590. The van der Waals surface area contributed by atoms with Gasteiger partial charge in [-0.2, -0.15) is 0 Å². The summed E-state index contributed by atoms with van der Waals surface area (Å²) < 4.78 is 9.22. The van der Waals surface area contributed by atoms with Crippen molar-refractivity contribution in [2.24, 2.45) is 0 Å². The van der Waals surface area contributed by atoms with Crippen molar-refractivity contribution >= 4 is 27.0 Å². The van der Waals surface area contributed by atoms with Crippen molar-refractivity contribution in [2.75, 3.05) is 19.7 Å². The predicted molar refractivity (Wildman–Crippen MR) is 84.0 cm³/mol. The number of benzene rings is 1. The van der Waals surface area contributed by atoms with Crippen LogP contribution in [0.1, 0.15) is 19.2 Å². The highest BCUT2D eigenvalue weighted by atomic mass is 79.9. The quantitative estimate of drug-likeness (QED) is 0.932. The van der Waals surface area contributed by atoms with Gasteiger partial charge in [0.15, 0.2) is 0 Å². The van der Waals surface area contributed by atoms with Gasteiger partial charge in [0.2, 0.25) is 0 Å². The van der Waals surface area contributed by atoms with Crippen LogP contribution in [0.3, 0.4) is 0 Å². The minimum absolute atomic E-state index is 0.236. The number of ether oxygens (including phenoxy) is 1. The number of morpholine rings is 1. The van der Waals surface area contributed by atoms with Crippen LogP contribution in [-0.2, 0) is 17.7 Å². The summed E-state index contributed by atoms with van der Waals surface area (Å²) in [5.41, 5.74) is 2.28. The molecular formula is C15H20BrN3O. The van der Waals surface area contributed by atoms with Gasteiger partial charge < -0.3 is 14.6 Å². The van der Waals surface area contributed by atoms with E-state index in [1.165, 1.54) is 5.52 Å². The van der Waals surface area contributed by atoms with Gasteiger partial charge in [0.05, 0.1) is 23.7 Å². The molecule has 2 aromatic rings. The van der Waals surface area contributed by atoms with Crippen LogP contribution in [0.2, 0.25) is 0 Å². The number of nitrogens with zero attached hydrogens (tertiary/aromatic N) is 2. The van der Waals surface area contributed by atoms with E-state index in [1.807, 2.05) is 0 Å². The first-order chi connectivity index (χ1) is 9.78. The van der Waals surface area contributed by atoms with Gasteiger partial charge in [-0.25, -0.2) is 4.98 Å². The lowest BCUT2D eigenvalue weighted by Crippen LogP contribution is -2.40. The number of fused-ring (bicyclic) bond motifs is 1. The monoisotopic (exact) mass is 337 g/mol. The zero-order valence-corrected chi connectivity index (χ0v) is 13.3. The molecule has 20 heavy (non-hydrogen) atoms. The van der Waals surface area contributed by atoms with Gasteiger partial charge in [-0.3, -0.25) is 0 Å². The molecule has 0 saturated carbocycles. The zero-order chi connectivity index (χ0) is 13.9. The Kier molecular flexibility index (Phi) is 4.38. The highest BCUT2D eigenvalue weighted by Crippen LogP contribution is 2.22. The molecule has 1 unspecified atom stereocenters. The van der Waals surface area contributed by atoms with E-state index in [-0.39, 0.29) is 6.10 Å². The van der Waals surface area contributed by atoms with Crippen molar-refractivity contribution in [1.82, 2.24) is 14.9 Å². The van der Waals surface area contributed by atoms with Gasteiger partial charge in [-0.15, -0.1) is 0 Å². The Hall–Kier alpha value is -0.910. The summed E-state index contributed by atoms with van der Waals surface area (Å²) in [5.74, 6) is 1.13. The normalized spacial score (nSPS) is 19.6. The largest absolute Gasteiger partial charge is 0.375 e. The van der Waals surface area contributed by atoms with E-state index in [9.17, 15) is 0 Å². The first kappa shape index (κ1) is 14.0. The number of rotatable bonds is 4. The number of hydrogen-bond acceptors (Lipinski definition) is 3. The first-order valence-corrected chi connectivity index (χ1v) is 8.04. The predicted octanol–water partition coefficient (Wildman–Crippen LogP) is 2.74. The van der Waals surface area contributed by atoms with Crippen LogP contribution in [0.4, 0.5) is 0 Å². The van der Waals surface area contributed by atoms with Crippen molar-refractivity contribution in [3.05, 3.63) is 28.5 Å². The second kappa shape index (κ2) is 6.24. The zero-order valence-electron chi connectivity index (χ0n) is 11.7. The van der Waals surface area contributed by atoms with Crippen LogP contribution in [-0.4, -0.2) is 35.4 Å². The molecule has 3 rings (SSSR count). The molecule has 108 valence electrons. The molecule has 1 aromatic heterocycles. The molecule has 0 spiro atoms. The van der Waals surface area contributed by atoms with Crippen LogP contribution in [0.25, 0.3) is 11.0 Å². The molecule has 1 aliphatic rings. The van der Waals surface area contributed by atoms with Crippen LogP contribution >= 0.6 is 15.9 Å². The topological polar surface area (TPSA) is 39.1 Å². The smallest absolute Gasteiger partial charge is 0.112 e. The summed E-state index contributed by atoms with van der Waals surface area (Å²) in [5, 5.41) is 3.38. The van der Waals surface area contributed by atoms with Gasteiger partial charge in [0, 0.05) is 30.5 Å². The summed E-state index contributed by atoms with van der Waals surface area (Å²) in [7, 11) is 0. The van der Waals surface area contributed by atoms with Crippen LogP contribution < -0.4 is 5.32 Å². The fraction of sp³-hybridized carbons (Fsp3) is 0.533. The third-order valence-electron chi connectivity index (χ3n) is 3.65. The number of halogens is 1. The van der Waals surface area contributed by atoms with Crippen LogP contribution in [0.15, 0.2) is 22.7 Å². The Balaban J connectivity index is 1.93. The average molecular weight is 338 g/mol. The minimum Gasteiger partial charge on any atom is -0.375 e. The molecule has 1 aliphatic heterocycles. The second-order valence-corrected chi connectivity index (χ2v) is 6.13. The van der Waals surface area contributed by atoms with Crippen LogP contribution in [0.5, 0.6) is 0 Å². The molecule has 1 saturated heterocycles. The van der Waals surface area contributed by atoms with Crippen molar-refractivity contribution in [1.29, 1.82) is 0 Å². The van der Waals surface area contributed by atoms with E-state index >= 15 is 0 Å². The summed E-state index contributed by atoms with van der Waals surface area (Å²) in [6.07, 6.45) is 2.22. The number of nitrogens with one attached hydrogen (secondary N) is 1. The molecule has 0 radical (unpaired) electrons. The number of hydrogen-bond donors (Lipinski definition) is 1. The lowest BCUT2D eigenvalue weighted by Gasteiger charge is -2.23. The molecule has 2 heterocycles. The molecule has 1 atom stereocenters. The van der Waals surface area contributed by atoms with Gasteiger partial charge in [-0.05, 0) is 24.6 Å². The maximum Gasteiger partial charge on any atom is 0.112 e. The fourth-order valence-corrected chi connectivity index (χ4v) is 3.09. The molecule has 1 N–H and O–H groups in total. The third-order valence-corrected chi connectivity index (χ3v) is 4.14. The molecule has 0 aliphatic carbocycles. The summed E-state index contributed by atoms with van der Waals surface area (Å²) in [6.45, 7) is 5.87. The Morgan fingerprint density at radius 3 is 3.15 bits per heavy atom. The molecule has 0 amide bonds. The molecule has 1 fully saturated rings. The van der Waals surface area contributed by atoms with Crippen molar-refractivity contribution in [2.45, 2.75) is 32.4 Å². The second-order valence-electron chi connectivity index (χ2n) is 5.21. The number of aromatic nitrogens is 2. The van der Waals surface area contributed by atoms with Gasteiger partial charge in [0.1, 0.15) is 5.82 Å².